The van der Waals surface area contributed by atoms with Crippen molar-refractivity contribution in [1.29, 1.82) is 0 Å². The number of halogens is 1. The summed E-state index contributed by atoms with van der Waals surface area (Å²) in [5.41, 5.74) is 2.44. The minimum absolute atomic E-state index is 0.0317. The van der Waals surface area contributed by atoms with E-state index >= 15 is 0 Å². The van der Waals surface area contributed by atoms with E-state index in [0.29, 0.717) is 0 Å². The van der Waals surface area contributed by atoms with Gasteiger partial charge in [-0.3, -0.25) is 4.79 Å². The molecule has 1 amide bonds. The fraction of sp³-hybridized carbons (Fsp3) is 0.312. The lowest BCUT2D eigenvalue weighted by molar-refractivity contribution is 0.0943. The van der Waals surface area contributed by atoms with E-state index in [-0.39, 0.29) is 11.9 Å². The molecule has 1 aliphatic rings. The second-order valence-electron chi connectivity index (χ2n) is 5.18. The molecular formula is C16H16ClNOS2. The molecule has 0 aliphatic carbocycles. The van der Waals surface area contributed by atoms with E-state index in [0.717, 1.165) is 22.1 Å². The van der Waals surface area contributed by atoms with Crippen LogP contribution in [0, 0.1) is 0 Å². The molecule has 0 fully saturated rings. The number of nitrogens with one attached hydrogen (secondary N) is 1. The summed E-state index contributed by atoms with van der Waals surface area (Å²) >= 11 is 9.41. The number of carbonyl (C=O) groups excluding carboxylic acids is 1. The van der Waals surface area contributed by atoms with Gasteiger partial charge in [-0.1, -0.05) is 24.6 Å². The monoisotopic (exact) mass is 337 g/mol. The van der Waals surface area contributed by atoms with Gasteiger partial charge in [0.05, 0.1) is 4.88 Å². The summed E-state index contributed by atoms with van der Waals surface area (Å²) in [5.74, 6) is 0.930. The van der Waals surface area contributed by atoms with E-state index in [4.69, 9.17) is 11.6 Å². The highest BCUT2D eigenvalue weighted by atomic mass is 35.5. The zero-order valence-electron chi connectivity index (χ0n) is 11.9. The van der Waals surface area contributed by atoms with Gasteiger partial charge in [0.2, 0.25) is 0 Å². The molecule has 0 radical (unpaired) electrons. The second kappa shape index (κ2) is 6.03. The molecule has 1 aromatic heterocycles. The molecule has 0 bridgehead atoms. The molecule has 0 unspecified atom stereocenters. The van der Waals surface area contributed by atoms with Gasteiger partial charge in [0.1, 0.15) is 0 Å². The Morgan fingerprint density at radius 3 is 3.00 bits per heavy atom. The van der Waals surface area contributed by atoms with Crippen LogP contribution in [0.3, 0.4) is 0 Å². The summed E-state index contributed by atoms with van der Waals surface area (Å²) in [6.07, 6.45) is 0.939. The minimum atomic E-state index is 0.0317. The third-order valence-corrected chi connectivity index (χ3v) is 6.14. The van der Waals surface area contributed by atoms with Gasteiger partial charge >= 0.3 is 0 Å². The van der Waals surface area contributed by atoms with Crippen LogP contribution in [0.1, 0.15) is 35.5 Å². The van der Waals surface area contributed by atoms with E-state index in [2.05, 4.69) is 18.3 Å². The predicted octanol–water partition coefficient (Wildman–Crippen LogP) is 5.20. The average molecular weight is 338 g/mol. The minimum Gasteiger partial charge on any atom is -0.349 e. The van der Waals surface area contributed by atoms with Crippen LogP contribution in [0.5, 0.6) is 0 Å². The summed E-state index contributed by atoms with van der Waals surface area (Å²) < 4.78 is 0. The molecule has 2 nitrogen and oxygen atoms in total. The molecule has 5 heteroatoms. The van der Waals surface area contributed by atoms with Crippen molar-refractivity contribution in [2.75, 3.05) is 0 Å². The summed E-state index contributed by atoms with van der Waals surface area (Å²) in [4.78, 5) is 15.5. The van der Waals surface area contributed by atoms with Gasteiger partial charge in [-0.25, -0.2) is 0 Å². The highest BCUT2D eigenvalue weighted by Crippen LogP contribution is 2.46. The quantitative estimate of drug-likeness (QED) is 0.833. The number of hydrogen-bond donors (Lipinski definition) is 1. The van der Waals surface area contributed by atoms with Crippen LogP contribution in [0.15, 0.2) is 29.2 Å². The predicted molar refractivity (Wildman–Crippen MR) is 91.5 cm³/mol. The Morgan fingerprint density at radius 1 is 1.43 bits per heavy atom. The molecule has 110 valence electrons. The zero-order valence-corrected chi connectivity index (χ0v) is 14.3. The van der Waals surface area contributed by atoms with Crippen LogP contribution in [0.25, 0.3) is 10.4 Å². The smallest absolute Gasteiger partial charge is 0.261 e. The lowest BCUT2D eigenvalue weighted by Gasteiger charge is -2.15. The number of rotatable bonds is 3. The normalized spacial score (nSPS) is 14.2. The number of hydrogen-bond acceptors (Lipinski definition) is 3. The average Bonchev–Trinajstić information content (AvgIpc) is 2.91. The summed E-state index contributed by atoms with van der Waals surface area (Å²) in [7, 11) is 0. The van der Waals surface area contributed by atoms with Gasteiger partial charge in [-0.15, -0.1) is 23.1 Å². The topological polar surface area (TPSA) is 29.1 Å². The number of thioether (sulfide) groups is 1. The van der Waals surface area contributed by atoms with Crippen molar-refractivity contribution in [2.45, 2.75) is 37.0 Å². The van der Waals surface area contributed by atoms with Crippen LogP contribution in [-0.2, 0) is 5.75 Å². The van der Waals surface area contributed by atoms with E-state index in [9.17, 15) is 4.79 Å². The van der Waals surface area contributed by atoms with Gasteiger partial charge in [-0.05, 0) is 37.1 Å². The molecule has 1 atom stereocenters. The van der Waals surface area contributed by atoms with Gasteiger partial charge < -0.3 is 5.32 Å². The number of thiophene rings is 1. The van der Waals surface area contributed by atoms with Crippen LogP contribution in [0.4, 0.5) is 0 Å². The van der Waals surface area contributed by atoms with Crippen molar-refractivity contribution in [1.82, 2.24) is 5.32 Å². The lowest BCUT2D eigenvalue weighted by atomic mass is 10.1. The van der Waals surface area contributed by atoms with Gasteiger partial charge in [0.15, 0.2) is 0 Å². The Labute approximate surface area is 137 Å². The SMILES string of the molecule is CC[C@H](C)NC(=O)c1cc2c(s1)-c1ccc(Cl)cc1SC2. The Hall–Kier alpha value is -0.970. The first-order valence-corrected chi connectivity index (χ1v) is 9.12. The number of amides is 1. The summed E-state index contributed by atoms with van der Waals surface area (Å²) in [6.45, 7) is 4.10. The Balaban J connectivity index is 1.93. The van der Waals surface area contributed by atoms with Crippen molar-refractivity contribution in [3.8, 4) is 10.4 Å². The molecular weight excluding hydrogens is 322 g/mol. The molecule has 1 aliphatic heterocycles. The van der Waals surface area contributed by atoms with E-state index < -0.39 is 0 Å². The van der Waals surface area contributed by atoms with Crippen molar-refractivity contribution in [2.24, 2.45) is 0 Å². The molecule has 0 spiro atoms. The Bertz CT molecular complexity index is 696. The van der Waals surface area contributed by atoms with Crippen LogP contribution in [0.2, 0.25) is 5.02 Å². The Kier molecular flexibility index (Phi) is 4.29. The van der Waals surface area contributed by atoms with Crippen molar-refractivity contribution >= 4 is 40.6 Å². The van der Waals surface area contributed by atoms with Crippen LogP contribution >= 0.6 is 34.7 Å². The fourth-order valence-electron chi connectivity index (χ4n) is 2.23. The highest BCUT2D eigenvalue weighted by molar-refractivity contribution is 7.98. The number of fused-ring (bicyclic) bond motifs is 3. The Morgan fingerprint density at radius 2 is 2.24 bits per heavy atom. The maximum absolute atomic E-state index is 12.3. The third-order valence-electron chi connectivity index (χ3n) is 3.59. The van der Waals surface area contributed by atoms with Crippen LogP contribution in [-0.4, -0.2) is 11.9 Å². The largest absolute Gasteiger partial charge is 0.349 e. The maximum Gasteiger partial charge on any atom is 0.261 e. The first-order chi connectivity index (χ1) is 10.1. The molecule has 1 aromatic carbocycles. The number of benzene rings is 1. The van der Waals surface area contributed by atoms with E-state index in [1.165, 1.54) is 20.9 Å². The lowest BCUT2D eigenvalue weighted by Crippen LogP contribution is -2.31. The fourth-order valence-corrected chi connectivity index (χ4v) is 4.82. The van der Waals surface area contributed by atoms with Gasteiger partial charge in [-0.2, -0.15) is 0 Å². The van der Waals surface area contributed by atoms with Gasteiger partial charge in [0.25, 0.3) is 5.91 Å². The third kappa shape index (κ3) is 2.98. The molecule has 3 rings (SSSR count). The second-order valence-corrected chi connectivity index (χ2v) is 7.68. The van der Waals surface area contributed by atoms with E-state index in [1.807, 2.05) is 25.1 Å². The molecule has 2 heterocycles. The molecule has 0 saturated carbocycles. The first-order valence-electron chi connectivity index (χ1n) is 6.94. The first kappa shape index (κ1) is 14.9. The highest BCUT2D eigenvalue weighted by Gasteiger charge is 2.22. The van der Waals surface area contributed by atoms with Crippen molar-refractivity contribution < 1.29 is 4.79 Å². The maximum atomic E-state index is 12.3. The van der Waals surface area contributed by atoms with Crippen LogP contribution < -0.4 is 5.32 Å². The number of carbonyl (C=O) groups is 1. The molecule has 0 saturated heterocycles. The summed E-state index contributed by atoms with van der Waals surface area (Å²) in [6, 6.07) is 8.20. The molecule has 21 heavy (non-hydrogen) atoms. The summed E-state index contributed by atoms with van der Waals surface area (Å²) in [5, 5.41) is 3.79. The molecule has 2 aromatic rings. The molecule has 1 N–H and O–H groups in total. The zero-order chi connectivity index (χ0) is 15.0. The van der Waals surface area contributed by atoms with E-state index in [1.54, 1.807) is 23.1 Å². The van der Waals surface area contributed by atoms with Gasteiger partial charge in [0, 0.05) is 32.2 Å². The van der Waals surface area contributed by atoms with Crippen molar-refractivity contribution in [3.63, 3.8) is 0 Å². The van der Waals surface area contributed by atoms with Crippen molar-refractivity contribution in [3.05, 3.63) is 39.7 Å². The standard InChI is InChI=1S/C16H16ClNOS2/c1-3-9(2)18-16(19)14-6-10-8-20-13-7-11(17)4-5-12(13)15(10)21-14/h4-7,9H,3,8H2,1-2H3,(H,18,19)/t9-/m0/s1.